The van der Waals surface area contributed by atoms with Crippen molar-refractivity contribution in [2.24, 2.45) is 7.05 Å². The Hall–Kier alpha value is -1.36. The summed E-state index contributed by atoms with van der Waals surface area (Å²) in [5.41, 5.74) is 0.549. The molecule has 1 aliphatic rings. The fraction of sp³-hybridized carbons (Fsp3) is 0.636. The third-order valence-corrected chi connectivity index (χ3v) is 3.03. The van der Waals surface area contributed by atoms with E-state index >= 15 is 0 Å². The maximum absolute atomic E-state index is 12.0. The van der Waals surface area contributed by atoms with Crippen molar-refractivity contribution in [3.63, 3.8) is 0 Å². The van der Waals surface area contributed by atoms with Crippen LogP contribution in [0.15, 0.2) is 12.5 Å². The topological polar surface area (TPSA) is 41.4 Å². The lowest BCUT2D eigenvalue weighted by molar-refractivity contribution is 0.0638. The summed E-state index contributed by atoms with van der Waals surface area (Å²) in [7, 11) is 1.87. The zero-order valence-corrected chi connectivity index (χ0v) is 9.89. The highest BCUT2D eigenvalue weighted by Crippen LogP contribution is 2.06. The quantitative estimate of drug-likeness (QED) is 0.717. The Morgan fingerprint density at radius 2 is 2.06 bits per heavy atom. The molecule has 1 aliphatic heterocycles. The second-order valence-electron chi connectivity index (χ2n) is 4.15. The fourth-order valence-electron chi connectivity index (χ4n) is 1.95. The normalized spacial score (nSPS) is 17.8. The first-order valence-electron chi connectivity index (χ1n) is 5.70. The highest BCUT2D eigenvalue weighted by atomic mass is 16.2. The number of likely N-dealkylation sites (N-methyl/N-ethyl adjacent to an activating group) is 1. The molecule has 0 radical (unpaired) electrons. The van der Waals surface area contributed by atoms with Crippen LogP contribution in [0.25, 0.3) is 0 Å². The molecule has 0 unspecified atom stereocenters. The molecule has 0 saturated carbocycles. The first-order valence-corrected chi connectivity index (χ1v) is 5.70. The van der Waals surface area contributed by atoms with Crippen LogP contribution in [0.2, 0.25) is 0 Å². The predicted molar refractivity (Wildman–Crippen MR) is 61.2 cm³/mol. The smallest absolute Gasteiger partial charge is 0.274 e. The van der Waals surface area contributed by atoms with E-state index in [2.05, 4.69) is 16.8 Å². The molecular weight excluding hydrogens is 204 g/mol. The van der Waals surface area contributed by atoms with Gasteiger partial charge in [-0.2, -0.15) is 0 Å². The largest absolute Gasteiger partial charge is 0.340 e. The summed E-state index contributed by atoms with van der Waals surface area (Å²) in [6, 6.07) is 0. The number of piperazine rings is 1. The Morgan fingerprint density at radius 1 is 1.38 bits per heavy atom. The van der Waals surface area contributed by atoms with Gasteiger partial charge in [0.15, 0.2) is 0 Å². The molecule has 0 spiro atoms. The lowest BCUT2D eigenvalue weighted by atomic mass is 10.3. The zero-order valence-electron chi connectivity index (χ0n) is 9.89. The Labute approximate surface area is 95.7 Å². The van der Waals surface area contributed by atoms with Gasteiger partial charge >= 0.3 is 0 Å². The maximum Gasteiger partial charge on any atom is 0.274 e. The third-order valence-electron chi connectivity index (χ3n) is 3.03. The van der Waals surface area contributed by atoms with Gasteiger partial charge in [0, 0.05) is 39.4 Å². The lowest BCUT2D eigenvalue weighted by Gasteiger charge is -2.33. The molecule has 1 saturated heterocycles. The van der Waals surface area contributed by atoms with Crippen molar-refractivity contribution in [3.05, 3.63) is 18.2 Å². The molecule has 1 fully saturated rings. The van der Waals surface area contributed by atoms with E-state index in [1.807, 2.05) is 11.9 Å². The van der Waals surface area contributed by atoms with Crippen LogP contribution < -0.4 is 0 Å². The molecule has 0 aliphatic carbocycles. The van der Waals surface area contributed by atoms with Crippen molar-refractivity contribution in [2.45, 2.75) is 6.92 Å². The maximum atomic E-state index is 12.0. The molecule has 0 aromatic carbocycles. The molecule has 5 nitrogen and oxygen atoms in total. The third kappa shape index (κ3) is 2.24. The van der Waals surface area contributed by atoms with E-state index in [1.54, 1.807) is 17.1 Å². The molecule has 0 N–H and O–H groups in total. The van der Waals surface area contributed by atoms with Crippen LogP contribution in [0.3, 0.4) is 0 Å². The van der Waals surface area contributed by atoms with Crippen LogP contribution in [-0.4, -0.2) is 58.0 Å². The van der Waals surface area contributed by atoms with Gasteiger partial charge in [-0.15, -0.1) is 0 Å². The minimum absolute atomic E-state index is 0.0522. The number of carbonyl (C=O) groups excluding carboxylic acids is 1. The monoisotopic (exact) mass is 222 g/mol. The molecule has 1 aromatic heterocycles. The van der Waals surface area contributed by atoms with E-state index in [1.165, 1.54) is 0 Å². The predicted octanol–water partition coefficient (Wildman–Crippen LogP) is 0.198. The average molecular weight is 222 g/mol. The van der Waals surface area contributed by atoms with Gasteiger partial charge in [-0.05, 0) is 6.54 Å². The number of rotatable bonds is 2. The van der Waals surface area contributed by atoms with Crippen LogP contribution in [0.4, 0.5) is 0 Å². The van der Waals surface area contributed by atoms with E-state index in [4.69, 9.17) is 0 Å². The minimum Gasteiger partial charge on any atom is -0.340 e. The zero-order chi connectivity index (χ0) is 11.5. The molecule has 0 bridgehead atoms. The van der Waals surface area contributed by atoms with E-state index in [9.17, 15) is 4.79 Å². The first kappa shape index (κ1) is 11.1. The Bertz CT molecular complexity index is 366. The molecule has 5 heteroatoms. The lowest BCUT2D eigenvalue weighted by Crippen LogP contribution is -2.48. The molecule has 16 heavy (non-hydrogen) atoms. The summed E-state index contributed by atoms with van der Waals surface area (Å²) in [5, 5.41) is 0. The number of hydrogen-bond acceptors (Lipinski definition) is 3. The van der Waals surface area contributed by atoms with Crippen molar-refractivity contribution in [3.8, 4) is 0 Å². The van der Waals surface area contributed by atoms with E-state index in [0.717, 1.165) is 32.7 Å². The van der Waals surface area contributed by atoms with Crippen molar-refractivity contribution in [1.82, 2.24) is 19.4 Å². The average Bonchev–Trinajstić information content (AvgIpc) is 2.75. The second-order valence-corrected chi connectivity index (χ2v) is 4.15. The van der Waals surface area contributed by atoms with Gasteiger partial charge in [-0.3, -0.25) is 4.79 Å². The Balaban J connectivity index is 1.96. The van der Waals surface area contributed by atoms with Gasteiger partial charge in [0.1, 0.15) is 5.69 Å². The molecule has 0 atom stereocenters. The van der Waals surface area contributed by atoms with Crippen LogP contribution in [0.1, 0.15) is 17.4 Å². The van der Waals surface area contributed by atoms with Crippen LogP contribution >= 0.6 is 0 Å². The van der Waals surface area contributed by atoms with Crippen LogP contribution in [0.5, 0.6) is 0 Å². The highest BCUT2D eigenvalue weighted by Gasteiger charge is 2.22. The molecule has 1 amide bonds. The minimum atomic E-state index is 0.0522. The van der Waals surface area contributed by atoms with Gasteiger partial charge in [0.25, 0.3) is 5.91 Å². The summed E-state index contributed by atoms with van der Waals surface area (Å²) in [6.45, 7) is 6.76. The molecule has 2 heterocycles. The Kier molecular flexibility index (Phi) is 3.24. The number of nitrogens with zero attached hydrogens (tertiary/aromatic N) is 4. The Morgan fingerprint density at radius 3 is 2.56 bits per heavy atom. The number of imidazole rings is 1. The first-order chi connectivity index (χ1) is 7.70. The van der Waals surface area contributed by atoms with Crippen molar-refractivity contribution >= 4 is 5.91 Å². The van der Waals surface area contributed by atoms with Crippen molar-refractivity contribution in [2.75, 3.05) is 32.7 Å². The van der Waals surface area contributed by atoms with E-state index in [0.29, 0.717) is 5.69 Å². The fourth-order valence-corrected chi connectivity index (χ4v) is 1.95. The van der Waals surface area contributed by atoms with Crippen LogP contribution in [-0.2, 0) is 7.05 Å². The number of hydrogen-bond donors (Lipinski definition) is 0. The summed E-state index contributed by atoms with van der Waals surface area (Å²) in [4.78, 5) is 20.4. The number of aromatic nitrogens is 2. The van der Waals surface area contributed by atoms with Gasteiger partial charge in [0.05, 0.1) is 6.33 Å². The summed E-state index contributed by atoms with van der Waals surface area (Å²) >= 11 is 0. The van der Waals surface area contributed by atoms with E-state index < -0.39 is 0 Å². The van der Waals surface area contributed by atoms with Crippen molar-refractivity contribution < 1.29 is 4.79 Å². The second kappa shape index (κ2) is 4.65. The van der Waals surface area contributed by atoms with Gasteiger partial charge in [-0.1, -0.05) is 6.92 Å². The SMILES string of the molecule is CCN1CCN(C(=O)c2cn(C)cn2)CC1. The summed E-state index contributed by atoms with van der Waals surface area (Å²) in [5.74, 6) is 0.0522. The molecular formula is C11H18N4O. The van der Waals surface area contributed by atoms with E-state index in [-0.39, 0.29) is 5.91 Å². The number of carbonyl (C=O) groups is 1. The number of amides is 1. The standard InChI is InChI=1S/C11H18N4O/c1-3-14-4-6-15(7-5-14)11(16)10-8-13(2)9-12-10/h8-9H,3-7H2,1-2H3. The van der Waals surface area contributed by atoms with Gasteiger partial charge in [0.2, 0.25) is 0 Å². The van der Waals surface area contributed by atoms with Gasteiger partial charge < -0.3 is 14.4 Å². The summed E-state index contributed by atoms with van der Waals surface area (Å²) in [6.07, 6.45) is 3.43. The molecule has 88 valence electrons. The molecule has 2 rings (SSSR count). The highest BCUT2D eigenvalue weighted by molar-refractivity contribution is 5.92. The van der Waals surface area contributed by atoms with Crippen molar-refractivity contribution in [1.29, 1.82) is 0 Å². The number of aryl methyl sites for hydroxylation is 1. The summed E-state index contributed by atoms with van der Waals surface area (Å²) < 4.78 is 1.80. The molecule has 1 aromatic rings. The van der Waals surface area contributed by atoms with Gasteiger partial charge in [-0.25, -0.2) is 4.98 Å². The van der Waals surface area contributed by atoms with Crippen LogP contribution in [0, 0.1) is 0 Å².